The van der Waals surface area contributed by atoms with Crippen LogP contribution in [0.1, 0.15) is 18.9 Å². The normalized spacial score (nSPS) is 21.3. The number of nitrogens with one attached hydrogen (secondary N) is 1. The highest BCUT2D eigenvalue weighted by Gasteiger charge is 2.14. The lowest BCUT2D eigenvalue weighted by Crippen LogP contribution is -2.22. The number of nitrogens with zero attached hydrogens (tertiary/aromatic N) is 1. The van der Waals surface area contributed by atoms with E-state index in [0.29, 0.717) is 11.2 Å². The maximum atomic E-state index is 5.77. The molecule has 1 aromatic heterocycles. The number of rotatable bonds is 0. The summed E-state index contributed by atoms with van der Waals surface area (Å²) in [4.78, 5) is 4.22. The second-order valence-electron chi connectivity index (χ2n) is 3.23. The zero-order valence-corrected chi connectivity index (χ0v) is 7.73. The largest absolute Gasteiger partial charge is 0.367 e. The number of halogens is 1. The molecule has 1 atom stereocenters. The summed E-state index contributed by atoms with van der Waals surface area (Å²) in [5.74, 6) is 0.959. The topological polar surface area (TPSA) is 24.9 Å². The Kier molecular flexibility index (Phi) is 1.93. The van der Waals surface area contributed by atoms with Gasteiger partial charge in [-0.25, -0.2) is 4.98 Å². The zero-order valence-electron chi connectivity index (χ0n) is 6.97. The molecule has 0 amide bonds. The van der Waals surface area contributed by atoms with Crippen LogP contribution in [0, 0.1) is 0 Å². The number of hydrogen-bond donors (Lipinski definition) is 1. The van der Waals surface area contributed by atoms with Gasteiger partial charge in [-0.3, -0.25) is 0 Å². The third-order valence-electron chi connectivity index (χ3n) is 2.17. The summed E-state index contributed by atoms with van der Waals surface area (Å²) in [6.07, 6.45) is 2.28. The van der Waals surface area contributed by atoms with Crippen molar-refractivity contribution in [2.45, 2.75) is 25.8 Å². The van der Waals surface area contributed by atoms with Crippen LogP contribution in [0.25, 0.3) is 0 Å². The van der Waals surface area contributed by atoms with Gasteiger partial charge in [-0.15, -0.1) is 0 Å². The molecule has 2 heterocycles. The summed E-state index contributed by atoms with van der Waals surface area (Å²) in [5, 5.41) is 3.87. The standard InChI is InChI=1S/C9H11ClN2/c1-6-2-3-7-4-5-8(10)12-9(7)11-6/h4-6H,2-3H2,1H3,(H,11,12)/t6-/m0/s1. The van der Waals surface area contributed by atoms with Crippen LogP contribution in [-0.2, 0) is 6.42 Å². The van der Waals surface area contributed by atoms with E-state index in [1.54, 1.807) is 0 Å². The Morgan fingerprint density at radius 3 is 3.25 bits per heavy atom. The molecule has 0 aromatic carbocycles. The van der Waals surface area contributed by atoms with Crippen molar-refractivity contribution in [1.82, 2.24) is 4.98 Å². The van der Waals surface area contributed by atoms with Gasteiger partial charge in [0.2, 0.25) is 0 Å². The molecule has 0 aliphatic carbocycles. The van der Waals surface area contributed by atoms with Crippen LogP contribution in [0.4, 0.5) is 5.82 Å². The maximum absolute atomic E-state index is 5.77. The molecule has 1 aliphatic rings. The molecule has 1 aliphatic heterocycles. The highest BCUT2D eigenvalue weighted by Crippen LogP contribution is 2.23. The third-order valence-corrected chi connectivity index (χ3v) is 2.39. The van der Waals surface area contributed by atoms with E-state index in [1.165, 1.54) is 12.0 Å². The van der Waals surface area contributed by atoms with Crippen molar-refractivity contribution in [3.8, 4) is 0 Å². The Bertz CT molecular complexity index is 299. The number of anilines is 1. The Balaban J connectivity index is 2.37. The molecule has 0 saturated carbocycles. The van der Waals surface area contributed by atoms with Crippen LogP contribution in [0.15, 0.2) is 12.1 Å². The summed E-state index contributed by atoms with van der Waals surface area (Å²) in [6, 6.07) is 4.41. The van der Waals surface area contributed by atoms with Crippen LogP contribution in [-0.4, -0.2) is 11.0 Å². The van der Waals surface area contributed by atoms with E-state index in [2.05, 4.69) is 17.2 Å². The van der Waals surface area contributed by atoms with Crippen molar-refractivity contribution in [3.05, 3.63) is 22.8 Å². The SMILES string of the molecule is C[C@H]1CCc2ccc(Cl)nc2N1. The third kappa shape index (κ3) is 1.39. The fourth-order valence-electron chi connectivity index (χ4n) is 1.47. The van der Waals surface area contributed by atoms with E-state index in [9.17, 15) is 0 Å². The van der Waals surface area contributed by atoms with Crippen molar-refractivity contribution < 1.29 is 0 Å². The van der Waals surface area contributed by atoms with Crippen molar-refractivity contribution in [2.24, 2.45) is 0 Å². The van der Waals surface area contributed by atoms with Gasteiger partial charge in [0, 0.05) is 6.04 Å². The van der Waals surface area contributed by atoms with Crippen LogP contribution < -0.4 is 5.32 Å². The Hall–Kier alpha value is -0.760. The first-order valence-electron chi connectivity index (χ1n) is 4.17. The highest BCUT2D eigenvalue weighted by molar-refractivity contribution is 6.29. The molecule has 0 radical (unpaired) electrons. The van der Waals surface area contributed by atoms with Crippen LogP contribution in [0.3, 0.4) is 0 Å². The van der Waals surface area contributed by atoms with Gasteiger partial charge in [0.1, 0.15) is 11.0 Å². The lowest BCUT2D eigenvalue weighted by atomic mass is 10.0. The second kappa shape index (κ2) is 2.94. The first-order chi connectivity index (χ1) is 5.75. The highest BCUT2D eigenvalue weighted by atomic mass is 35.5. The number of fused-ring (bicyclic) bond motifs is 1. The van der Waals surface area contributed by atoms with Gasteiger partial charge in [0.25, 0.3) is 0 Å². The average Bonchev–Trinajstić information content (AvgIpc) is 2.03. The molecular weight excluding hydrogens is 172 g/mol. The fraction of sp³-hybridized carbons (Fsp3) is 0.444. The molecule has 2 rings (SSSR count). The molecular formula is C9H11ClN2. The monoisotopic (exact) mass is 182 g/mol. The molecule has 0 spiro atoms. The average molecular weight is 183 g/mol. The van der Waals surface area contributed by atoms with Gasteiger partial charge in [-0.2, -0.15) is 0 Å². The van der Waals surface area contributed by atoms with Crippen LogP contribution in [0.2, 0.25) is 5.15 Å². The van der Waals surface area contributed by atoms with Gasteiger partial charge >= 0.3 is 0 Å². The lowest BCUT2D eigenvalue weighted by molar-refractivity contribution is 0.674. The van der Waals surface area contributed by atoms with E-state index < -0.39 is 0 Å². The molecule has 0 bridgehead atoms. The van der Waals surface area contributed by atoms with Crippen molar-refractivity contribution in [1.29, 1.82) is 0 Å². The molecule has 2 nitrogen and oxygen atoms in total. The molecule has 12 heavy (non-hydrogen) atoms. The Morgan fingerprint density at radius 2 is 2.42 bits per heavy atom. The summed E-state index contributed by atoms with van der Waals surface area (Å²) in [7, 11) is 0. The lowest BCUT2D eigenvalue weighted by Gasteiger charge is -2.22. The Morgan fingerprint density at radius 1 is 1.58 bits per heavy atom. The smallest absolute Gasteiger partial charge is 0.131 e. The first kappa shape index (κ1) is 7.87. The van der Waals surface area contributed by atoms with Gasteiger partial charge in [0.05, 0.1) is 0 Å². The minimum absolute atomic E-state index is 0.517. The van der Waals surface area contributed by atoms with Crippen molar-refractivity contribution >= 4 is 17.4 Å². The summed E-state index contributed by atoms with van der Waals surface area (Å²) < 4.78 is 0. The predicted molar refractivity (Wildman–Crippen MR) is 50.7 cm³/mol. The minimum atomic E-state index is 0.517. The molecule has 3 heteroatoms. The zero-order chi connectivity index (χ0) is 8.55. The van der Waals surface area contributed by atoms with E-state index >= 15 is 0 Å². The molecule has 1 aromatic rings. The first-order valence-corrected chi connectivity index (χ1v) is 4.55. The van der Waals surface area contributed by atoms with Gasteiger partial charge in [0.15, 0.2) is 0 Å². The molecule has 0 saturated heterocycles. The van der Waals surface area contributed by atoms with Gasteiger partial charge < -0.3 is 5.32 Å². The second-order valence-corrected chi connectivity index (χ2v) is 3.61. The molecule has 1 N–H and O–H groups in total. The number of aromatic nitrogens is 1. The summed E-state index contributed by atoms with van der Waals surface area (Å²) in [6.45, 7) is 2.16. The summed E-state index contributed by atoms with van der Waals surface area (Å²) >= 11 is 5.77. The Labute approximate surface area is 77.0 Å². The van der Waals surface area contributed by atoms with Gasteiger partial charge in [-0.05, 0) is 31.4 Å². The van der Waals surface area contributed by atoms with E-state index in [0.717, 1.165) is 12.2 Å². The van der Waals surface area contributed by atoms with Crippen molar-refractivity contribution in [2.75, 3.05) is 5.32 Å². The number of aryl methyl sites for hydroxylation is 1. The summed E-state index contributed by atoms with van der Waals surface area (Å²) in [5.41, 5.74) is 1.28. The fourth-order valence-corrected chi connectivity index (χ4v) is 1.62. The van der Waals surface area contributed by atoms with E-state index in [1.807, 2.05) is 12.1 Å². The van der Waals surface area contributed by atoms with E-state index in [-0.39, 0.29) is 0 Å². The quantitative estimate of drug-likeness (QED) is 0.624. The maximum Gasteiger partial charge on any atom is 0.131 e. The predicted octanol–water partition coefficient (Wildman–Crippen LogP) is 2.48. The van der Waals surface area contributed by atoms with Crippen LogP contribution in [0.5, 0.6) is 0 Å². The minimum Gasteiger partial charge on any atom is -0.367 e. The number of hydrogen-bond acceptors (Lipinski definition) is 2. The number of pyridine rings is 1. The molecule has 0 fully saturated rings. The van der Waals surface area contributed by atoms with Crippen molar-refractivity contribution in [3.63, 3.8) is 0 Å². The molecule has 0 unspecified atom stereocenters. The van der Waals surface area contributed by atoms with E-state index in [4.69, 9.17) is 11.6 Å². The van der Waals surface area contributed by atoms with Gasteiger partial charge in [-0.1, -0.05) is 17.7 Å². The molecule has 64 valence electrons. The van der Waals surface area contributed by atoms with Crippen LogP contribution >= 0.6 is 11.6 Å².